The average molecular weight is 187 g/mol. The second-order valence-corrected chi connectivity index (χ2v) is 3.85. The number of hydrogen-bond donors (Lipinski definition) is 2. The van der Waals surface area contributed by atoms with E-state index in [1.54, 1.807) is 0 Å². The molecule has 0 heterocycles. The average Bonchev–Trinajstić information content (AvgIpc) is 2.16. The van der Waals surface area contributed by atoms with Crippen LogP contribution < -0.4 is 5.73 Å². The minimum Gasteiger partial charge on any atom is -0.395 e. The maximum Gasteiger partial charge on any atom is 0.0582 e. The molecule has 0 unspecified atom stereocenters. The van der Waals surface area contributed by atoms with Gasteiger partial charge in [0, 0.05) is 6.04 Å². The molecule has 0 rings (SSSR count). The molecule has 2 nitrogen and oxygen atoms in total. The molecule has 0 aliphatic carbocycles. The van der Waals surface area contributed by atoms with Gasteiger partial charge in [0.25, 0.3) is 0 Å². The van der Waals surface area contributed by atoms with Crippen LogP contribution in [0.4, 0.5) is 0 Å². The summed E-state index contributed by atoms with van der Waals surface area (Å²) in [6, 6.07) is 0.00985. The SMILES string of the molecule is CCCCCCCCC[C@H](N)CO. The highest BCUT2D eigenvalue weighted by atomic mass is 16.3. The highest BCUT2D eigenvalue weighted by molar-refractivity contribution is 4.58. The lowest BCUT2D eigenvalue weighted by Gasteiger charge is -2.06. The zero-order chi connectivity index (χ0) is 9.94. The molecule has 0 spiro atoms. The molecule has 0 aromatic heterocycles. The van der Waals surface area contributed by atoms with Crippen molar-refractivity contribution in [3.8, 4) is 0 Å². The molecule has 0 saturated heterocycles. The minimum atomic E-state index is 0.00985. The van der Waals surface area contributed by atoms with E-state index < -0.39 is 0 Å². The summed E-state index contributed by atoms with van der Waals surface area (Å²) < 4.78 is 0. The lowest BCUT2D eigenvalue weighted by atomic mass is 10.1. The van der Waals surface area contributed by atoms with Crippen LogP contribution in [0.15, 0.2) is 0 Å². The lowest BCUT2D eigenvalue weighted by molar-refractivity contribution is 0.257. The number of nitrogens with two attached hydrogens (primary N) is 1. The highest BCUT2D eigenvalue weighted by Gasteiger charge is 1.98. The van der Waals surface area contributed by atoms with E-state index in [1.165, 1.54) is 44.9 Å². The van der Waals surface area contributed by atoms with Crippen molar-refractivity contribution in [1.82, 2.24) is 0 Å². The number of unbranched alkanes of at least 4 members (excludes halogenated alkanes) is 6. The number of rotatable bonds is 9. The van der Waals surface area contributed by atoms with Crippen LogP contribution in [0.25, 0.3) is 0 Å². The molecule has 0 aromatic rings. The fraction of sp³-hybridized carbons (Fsp3) is 1.00. The first kappa shape index (κ1) is 12.9. The van der Waals surface area contributed by atoms with Gasteiger partial charge in [-0.15, -0.1) is 0 Å². The Hall–Kier alpha value is -0.0800. The van der Waals surface area contributed by atoms with Crippen molar-refractivity contribution in [2.75, 3.05) is 6.61 Å². The van der Waals surface area contributed by atoms with Gasteiger partial charge in [0.2, 0.25) is 0 Å². The van der Waals surface area contributed by atoms with Crippen LogP contribution in [0.3, 0.4) is 0 Å². The number of aliphatic hydroxyl groups excluding tert-OH is 1. The molecule has 3 N–H and O–H groups in total. The Morgan fingerprint density at radius 1 is 1.00 bits per heavy atom. The van der Waals surface area contributed by atoms with Crippen LogP contribution in [0.1, 0.15) is 58.3 Å². The molecule has 0 aliphatic rings. The Morgan fingerprint density at radius 3 is 2.08 bits per heavy atom. The Labute approximate surface area is 82.5 Å². The second kappa shape index (κ2) is 10.0. The summed E-state index contributed by atoms with van der Waals surface area (Å²) in [7, 11) is 0. The van der Waals surface area contributed by atoms with Crippen molar-refractivity contribution in [3.05, 3.63) is 0 Å². The molecule has 0 bridgehead atoms. The lowest BCUT2D eigenvalue weighted by Crippen LogP contribution is -2.23. The molecule has 13 heavy (non-hydrogen) atoms. The van der Waals surface area contributed by atoms with Crippen molar-refractivity contribution < 1.29 is 5.11 Å². The molecule has 0 amide bonds. The Kier molecular flexibility index (Phi) is 9.94. The summed E-state index contributed by atoms with van der Waals surface area (Å²) >= 11 is 0. The third-order valence-corrected chi connectivity index (χ3v) is 2.41. The minimum absolute atomic E-state index is 0.00985. The topological polar surface area (TPSA) is 46.2 Å². The molecule has 0 fully saturated rings. The molecule has 80 valence electrons. The largest absolute Gasteiger partial charge is 0.395 e. The third-order valence-electron chi connectivity index (χ3n) is 2.41. The van der Waals surface area contributed by atoms with Crippen molar-refractivity contribution in [2.45, 2.75) is 64.3 Å². The maximum absolute atomic E-state index is 8.68. The number of hydrogen-bond acceptors (Lipinski definition) is 2. The van der Waals surface area contributed by atoms with E-state index in [9.17, 15) is 0 Å². The first-order valence-corrected chi connectivity index (χ1v) is 5.67. The van der Waals surface area contributed by atoms with Gasteiger partial charge in [-0.2, -0.15) is 0 Å². The Morgan fingerprint density at radius 2 is 1.54 bits per heavy atom. The fourth-order valence-corrected chi connectivity index (χ4v) is 1.45. The van der Waals surface area contributed by atoms with E-state index in [0.717, 1.165) is 6.42 Å². The highest BCUT2D eigenvalue weighted by Crippen LogP contribution is 2.08. The van der Waals surface area contributed by atoms with Crippen molar-refractivity contribution >= 4 is 0 Å². The van der Waals surface area contributed by atoms with Gasteiger partial charge in [-0.25, -0.2) is 0 Å². The van der Waals surface area contributed by atoms with Gasteiger partial charge in [0.15, 0.2) is 0 Å². The Bertz CT molecular complexity index is 96.1. The predicted molar refractivity (Wildman–Crippen MR) is 57.7 cm³/mol. The Balaban J connectivity index is 2.91. The zero-order valence-corrected chi connectivity index (χ0v) is 8.97. The second-order valence-electron chi connectivity index (χ2n) is 3.85. The van der Waals surface area contributed by atoms with Gasteiger partial charge < -0.3 is 10.8 Å². The quantitative estimate of drug-likeness (QED) is 0.545. The summed E-state index contributed by atoms with van der Waals surface area (Å²) in [6.45, 7) is 2.37. The van der Waals surface area contributed by atoms with Crippen LogP contribution in [-0.2, 0) is 0 Å². The monoisotopic (exact) mass is 187 g/mol. The van der Waals surface area contributed by atoms with Crippen LogP contribution in [0.5, 0.6) is 0 Å². The number of aliphatic hydroxyl groups is 1. The van der Waals surface area contributed by atoms with E-state index in [4.69, 9.17) is 10.8 Å². The summed E-state index contributed by atoms with van der Waals surface area (Å²) in [6.07, 6.45) is 10.2. The molecule has 2 heteroatoms. The van der Waals surface area contributed by atoms with E-state index in [2.05, 4.69) is 6.92 Å². The molecule has 0 saturated carbocycles. The molecule has 1 atom stereocenters. The van der Waals surface area contributed by atoms with Gasteiger partial charge in [-0.1, -0.05) is 51.9 Å². The summed E-state index contributed by atoms with van der Waals surface area (Å²) in [4.78, 5) is 0. The molecular formula is C11H25NO. The van der Waals surface area contributed by atoms with Crippen LogP contribution in [-0.4, -0.2) is 17.8 Å². The first-order valence-electron chi connectivity index (χ1n) is 5.67. The van der Waals surface area contributed by atoms with E-state index in [-0.39, 0.29) is 12.6 Å². The van der Waals surface area contributed by atoms with Crippen LogP contribution in [0, 0.1) is 0 Å². The summed E-state index contributed by atoms with van der Waals surface area (Å²) in [5.41, 5.74) is 5.59. The smallest absolute Gasteiger partial charge is 0.0582 e. The predicted octanol–water partition coefficient (Wildman–Crippen LogP) is 2.45. The van der Waals surface area contributed by atoms with Gasteiger partial charge >= 0.3 is 0 Å². The first-order chi connectivity index (χ1) is 6.31. The molecular weight excluding hydrogens is 162 g/mol. The van der Waals surface area contributed by atoms with E-state index in [0.29, 0.717) is 0 Å². The fourth-order valence-electron chi connectivity index (χ4n) is 1.45. The van der Waals surface area contributed by atoms with Crippen molar-refractivity contribution in [1.29, 1.82) is 0 Å². The zero-order valence-electron chi connectivity index (χ0n) is 8.97. The third kappa shape index (κ3) is 9.84. The van der Waals surface area contributed by atoms with Gasteiger partial charge in [-0.05, 0) is 6.42 Å². The van der Waals surface area contributed by atoms with Crippen LogP contribution >= 0.6 is 0 Å². The molecule has 0 aliphatic heterocycles. The summed E-state index contributed by atoms with van der Waals surface area (Å²) in [5, 5.41) is 8.68. The normalized spacial score (nSPS) is 13.2. The van der Waals surface area contributed by atoms with Gasteiger partial charge in [0.1, 0.15) is 0 Å². The van der Waals surface area contributed by atoms with Crippen LogP contribution in [0.2, 0.25) is 0 Å². The van der Waals surface area contributed by atoms with Crippen molar-refractivity contribution in [3.63, 3.8) is 0 Å². The van der Waals surface area contributed by atoms with Gasteiger partial charge in [-0.3, -0.25) is 0 Å². The maximum atomic E-state index is 8.68. The van der Waals surface area contributed by atoms with Gasteiger partial charge in [0.05, 0.1) is 6.61 Å². The molecule has 0 radical (unpaired) electrons. The van der Waals surface area contributed by atoms with E-state index >= 15 is 0 Å². The summed E-state index contributed by atoms with van der Waals surface area (Å²) in [5.74, 6) is 0. The molecule has 0 aromatic carbocycles. The van der Waals surface area contributed by atoms with Crippen molar-refractivity contribution in [2.24, 2.45) is 5.73 Å². The van der Waals surface area contributed by atoms with E-state index in [1.807, 2.05) is 0 Å². The standard InChI is InChI=1S/C11H25NO/c1-2-3-4-5-6-7-8-9-11(12)10-13/h11,13H,2-10,12H2,1H3/t11-/m0/s1.